The summed E-state index contributed by atoms with van der Waals surface area (Å²) < 4.78 is 16.7. The van der Waals surface area contributed by atoms with Gasteiger partial charge < -0.3 is 18.8 Å². The number of carbonyl (C=O) groups excluding carboxylic acids is 1. The maximum absolute atomic E-state index is 12.7. The Morgan fingerprint density at radius 2 is 2.19 bits per heavy atom. The Hall–Kier alpha value is -2.41. The lowest BCUT2D eigenvalue weighted by Gasteiger charge is -2.31. The monoisotopic (exact) mass is 359 g/mol. The zero-order chi connectivity index (χ0) is 18.7. The Morgan fingerprint density at radius 1 is 1.38 bits per heavy atom. The number of hydrogen-bond donors (Lipinski definition) is 0. The van der Waals surface area contributed by atoms with Crippen molar-refractivity contribution >= 4 is 5.91 Å². The van der Waals surface area contributed by atoms with Crippen LogP contribution >= 0.6 is 0 Å². The molecule has 140 valence electrons. The summed E-state index contributed by atoms with van der Waals surface area (Å²) in [6, 6.07) is 5.84. The summed E-state index contributed by atoms with van der Waals surface area (Å²) in [6.07, 6.45) is -0.0509. The van der Waals surface area contributed by atoms with E-state index in [1.165, 1.54) is 0 Å². The van der Waals surface area contributed by atoms with Gasteiger partial charge in [-0.1, -0.05) is 26.0 Å². The highest BCUT2D eigenvalue weighted by Gasteiger charge is 2.29. The minimum Gasteiger partial charge on any atom is -0.496 e. The number of aryl methyl sites for hydroxylation is 1. The molecule has 1 unspecified atom stereocenters. The van der Waals surface area contributed by atoms with Crippen molar-refractivity contribution in [3.8, 4) is 5.75 Å². The van der Waals surface area contributed by atoms with E-state index < -0.39 is 0 Å². The molecule has 1 aliphatic heterocycles. The van der Waals surface area contributed by atoms with E-state index in [9.17, 15) is 4.79 Å². The molecular formula is C19H25N3O4. The maximum Gasteiger partial charge on any atom is 0.247 e. The van der Waals surface area contributed by atoms with Crippen LogP contribution in [0.25, 0.3) is 0 Å². The van der Waals surface area contributed by atoms with Crippen molar-refractivity contribution in [3.05, 3.63) is 41.1 Å². The van der Waals surface area contributed by atoms with E-state index in [4.69, 9.17) is 13.9 Å². The minimum absolute atomic E-state index is 0.0489. The largest absolute Gasteiger partial charge is 0.496 e. The van der Waals surface area contributed by atoms with Gasteiger partial charge in [-0.3, -0.25) is 4.79 Å². The van der Waals surface area contributed by atoms with Gasteiger partial charge in [-0.15, -0.1) is 10.2 Å². The first-order valence-electron chi connectivity index (χ1n) is 8.84. The van der Waals surface area contributed by atoms with E-state index >= 15 is 0 Å². The number of nitrogens with zero attached hydrogens (tertiary/aromatic N) is 3. The molecule has 1 aliphatic rings. The highest BCUT2D eigenvalue weighted by Crippen LogP contribution is 2.24. The molecule has 0 aliphatic carbocycles. The van der Waals surface area contributed by atoms with Crippen molar-refractivity contribution < 1.29 is 18.7 Å². The summed E-state index contributed by atoms with van der Waals surface area (Å²) in [6.45, 7) is 7.39. The highest BCUT2D eigenvalue weighted by molar-refractivity contribution is 5.79. The van der Waals surface area contributed by atoms with Crippen LogP contribution in [0.4, 0.5) is 0 Å². The van der Waals surface area contributed by atoms with Gasteiger partial charge in [0.2, 0.25) is 17.7 Å². The Morgan fingerprint density at radius 3 is 2.88 bits per heavy atom. The van der Waals surface area contributed by atoms with Gasteiger partial charge in [0.15, 0.2) is 6.10 Å². The number of aromatic nitrogens is 2. The lowest BCUT2D eigenvalue weighted by Crippen LogP contribution is -2.43. The fourth-order valence-corrected chi connectivity index (χ4v) is 2.90. The molecule has 1 fully saturated rings. The predicted octanol–water partition coefficient (Wildman–Crippen LogP) is 2.65. The molecular weight excluding hydrogens is 334 g/mol. The topological polar surface area (TPSA) is 77.7 Å². The molecule has 1 aromatic heterocycles. The zero-order valence-corrected chi connectivity index (χ0v) is 15.7. The molecule has 1 amide bonds. The molecule has 0 radical (unpaired) electrons. The van der Waals surface area contributed by atoms with Gasteiger partial charge in [-0.2, -0.15) is 0 Å². The minimum atomic E-state index is -0.375. The number of benzene rings is 1. The average molecular weight is 359 g/mol. The average Bonchev–Trinajstić information content (AvgIpc) is 3.14. The molecule has 2 aromatic rings. The Labute approximate surface area is 153 Å². The third kappa shape index (κ3) is 4.04. The predicted molar refractivity (Wildman–Crippen MR) is 95.1 cm³/mol. The molecule has 7 nitrogen and oxygen atoms in total. The van der Waals surface area contributed by atoms with Crippen LogP contribution in [0.5, 0.6) is 5.75 Å². The van der Waals surface area contributed by atoms with E-state index in [0.717, 1.165) is 16.9 Å². The van der Waals surface area contributed by atoms with Crippen molar-refractivity contribution in [1.29, 1.82) is 0 Å². The first-order chi connectivity index (χ1) is 12.5. The van der Waals surface area contributed by atoms with Gasteiger partial charge in [0, 0.05) is 12.5 Å². The van der Waals surface area contributed by atoms with Crippen LogP contribution < -0.4 is 4.74 Å². The molecule has 26 heavy (non-hydrogen) atoms. The van der Waals surface area contributed by atoms with Crippen molar-refractivity contribution in [2.45, 2.75) is 39.2 Å². The van der Waals surface area contributed by atoms with Crippen LogP contribution in [-0.4, -0.2) is 47.8 Å². The quantitative estimate of drug-likeness (QED) is 0.817. The molecule has 0 N–H and O–H groups in total. The number of amides is 1. The second kappa shape index (κ2) is 7.86. The summed E-state index contributed by atoms with van der Waals surface area (Å²) in [5.41, 5.74) is 1.98. The number of rotatable bonds is 5. The van der Waals surface area contributed by atoms with Gasteiger partial charge in [-0.05, 0) is 24.1 Å². The molecule has 0 saturated carbocycles. The van der Waals surface area contributed by atoms with Crippen molar-refractivity contribution in [3.63, 3.8) is 0 Å². The fraction of sp³-hybridized carbons (Fsp3) is 0.526. The maximum atomic E-state index is 12.7. The summed E-state index contributed by atoms with van der Waals surface area (Å²) in [5, 5.41) is 8.12. The van der Waals surface area contributed by atoms with E-state index in [1.807, 2.05) is 39.0 Å². The van der Waals surface area contributed by atoms with Crippen molar-refractivity contribution in [2.24, 2.45) is 0 Å². The fourth-order valence-electron chi connectivity index (χ4n) is 2.90. The first kappa shape index (κ1) is 18.4. The Balaban J connectivity index is 1.66. The third-order valence-corrected chi connectivity index (χ3v) is 4.47. The van der Waals surface area contributed by atoms with Crippen LogP contribution in [0.15, 0.2) is 22.6 Å². The molecule has 3 rings (SSSR count). The van der Waals surface area contributed by atoms with Crippen molar-refractivity contribution in [2.75, 3.05) is 26.8 Å². The van der Waals surface area contributed by atoms with Crippen molar-refractivity contribution in [1.82, 2.24) is 15.1 Å². The number of methoxy groups -OCH3 is 1. The Kier molecular flexibility index (Phi) is 5.56. The lowest BCUT2D eigenvalue weighted by atomic mass is 10.1. The lowest BCUT2D eigenvalue weighted by molar-refractivity contribution is -0.139. The highest BCUT2D eigenvalue weighted by atomic mass is 16.5. The second-order valence-corrected chi connectivity index (χ2v) is 6.81. The first-order valence-corrected chi connectivity index (χ1v) is 8.84. The third-order valence-electron chi connectivity index (χ3n) is 4.47. The van der Waals surface area contributed by atoms with Gasteiger partial charge in [0.05, 0.1) is 26.7 Å². The number of morpholine rings is 1. The smallest absolute Gasteiger partial charge is 0.247 e. The number of carbonyl (C=O) groups is 1. The van der Waals surface area contributed by atoms with E-state index in [-0.39, 0.29) is 17.9 Å². The van der Waals surface area contributed by atoms with Gasteiger partial charge in [0.1, 0.15) is 5.75 Å². The zero-order valence-electron chi connectivity index (χ0n) is 15.7. The van der Waals surface area contributed by atoms with Crippen LogP contribution in [0.1, 0.15) is 48.8 Å². The summed E-state index contributed by atoms with van der Waals surface area (Å²) in [5.74, 6) is 2.02. The Bertz CT molecular complexity index is 772. The van der Waals surface area contributed by atoms with Gasteiger partial charge >= 0.3 is 0 Å². The van der Waals surface area contributed by atoms with E-state index in [2.05, 4.69) is 10.2 Å². The molecule has 1 atom stereocenters. The van der Waals surface area contributed by atoms with E-state index in [0.29, 0.717) is 37.9 Å². The van der Waals surface area contributed by atoms with Crippen LogP contribution in [0.3, 0.4) is 0 Å². The van der Waals surface area contributed by atoms with Crippen LogP contribution in [0, 0.1) is 6.92 Å². The van der Waals surface area contributed by atoms with E-state index in [1.54, 1.807) is 12.0 Å². The standard InChI is InChI=1S/C19H25N3O4/c1-12(2)18-20-21-19(26-18)16-11-22(7-8-25-16)17(23)10-14-6-5-13(3)15(9-14)24-4/h5-6,9,12,16H,7-8,10-11H2,1-4H3. The normalized spacial score (nSPS) is 17.6. The van der Waals surface area contributed by atoms with Gasteiger partial charge in [0.25, 0.3) is 0 Å². The molecule has 1 aromatic carbocycles. The SMILES string of the molecule is COc1cc(CC(=O)N2CCOC(c3nnc(C(C)C)o3)C2)ccc1C. The molecule has 0 spiro atoms. The number of hydrogen-bond acceptors (Lipinski definition) is 6. The summed E-state index contributed by atoms with van der Waals surface area (Å²) in [4.78, 5) is 14.5. The molecule has 2 heterocycles. The van der Waals surface area contributed by atoms with Crippen LogP contribution in [-0.2, 0) is 16.0 Å². The van der Waals surface area contributed by atoms with Crippen LogP contribution in [0.2, 0.25) is 0 Å². The summed E-state index contributed by atoms with van der Waals surface area (Å²) in [7, 11) is 1.64. The molecule has 0 bridgehead atoms. The number of ether oxygens (including phenoxy) is 2. The molecule has 7 heteroatoms. The second-order valence-electron chi connectivity index (χ2n) is 6.81. The molecule has 1 saturated heterocycles. The van der Waals surface area contributed by atoms with Gasteiger partial charge in [-0.25, -0.2) is 0 Å². The summed E-state index contributed by atoms with van der Waals surface area (Å²) >= 11 is 0.